The maximum absolute atomic E-state index is 9.36. The number of aryl methyl sites for hydroxylation is 1. The van der Waals surface area contributed by atoms with Gasteiger partial charge in [-0.05, 0) is 38.4 Å². The molecular weight excluding hydrogens is 264 g/mol. The second-order valence-electron chi connectivity index (χ2n) is 5.95. The first-order valence-electron chi connectivity index (χ1n) is 7.95. The monoisotopic (exact) mass is 292 g/mol. The van der Waals surface area contributed by atoms with Gasteiger partial charge in [0.05, 0.1) is 19.3 Å². The molecule has 1 aromatic rings. The predicted octanol–water partition coefficient (Wildman–Crippen LogP) is 2.08. The minimum atomic E-state index is -0.0843. The third-order valence-electron chi connectivity index (χ3n) is 4.00. The quantitative estimate of drug-likeness (QED) is 0.788. The van der Waals surface area contributed by atoms with Crippen molar-refractivity contribution in [3.63, 3.8) is 0 Å². The summed E-state index contributed by atoms with van der Waals surface area (Å²) in [5.41, 5.74) is 3.87. The van der Waals surface area contributed by atoms with Crippen molar-refractivity contribution in [1.29, 1.82) is 0 Å². The number of aliphatic hydroxyl groups excluding tert-OH is 1. The van der Waals surface area contributed by atoms with Gasteiger partial charge in [-0.1, -0.05) is 24.6 Å². The lowest BCUT2D eigenvalue weighted by Crippen LogP contribution is -2.50. The van der Waals surface area contributed by atoms with Crippen molar-refractivity contribution in [2.75, 3.05) is 31.2 Å². The molecule has 0 aliphatic carbocycles. The Kier molecular flexibility index (Phi) is 6.03. The van der Waals surface area contributed by atoms with Gasteiger partial charge in [0.15, 0.2) is 0 Å². The van der Waals surface area contributed by atoms with Crippen molar-refractivity contribution < 1.29 is 9.84 Å². The van der Waals surface area contributed by atoms with Gasteiger partial charge in [0, 0.05) is 24.8 Å². The van der Waals surface area contributed by atoms with E-state index in [0.29, 0.717) is 12.6 Å². The zero-order valence-electron chi connectivity index (χ0n) is 13.4. The van der Waals surface area contributed by atoms with Crippen molar-refractivity contribution in [1.82, 2.24) is 5.32 Å². The second kappa shape index (κ2) is 7.78. The van der Waals surface area contributed by atoms with E-state index in [1.807, 2.05) is 0 Å². The Morgan fingerprint density at radius 3 is 2.95 bits per heavy atom. The van der Waals surface area contributed by atoms with Crippen molar-refractivity contribution >= 4 is 5.69 Å². The maximum Gasteiger partial charge on any atom is 0.0981 e. The molecule has 1 heterocycles. The molecule has 21 heavy (non-hydrogen) atoms. The van der Waals surface area contributed by atoms with E-state index < -0.39 is 0 Å². The lowest BCUT2D eigenvalue weighted by molar-refractivity contribution is -0.0103. The molecule has 4 nitrogen and oxygen atoms in total. The first kappa shape index (κ1) is 16.3. The van der Waals surface area contributed by atoms with E-state index >= 15 is 0 Å². The number of hydrogen-bond donors (Lipinski definition) is 2. The summed E-state index contributed by atoms with van der Waals surface area (Å²) in [7, 11) is 0. The summed E-state index contributed by atoms with van der Waals surface area (Å²) in [6.07, 6.45) is 1.06. The van der Waals surface area contributed by atoms with E-state index in [9.17, 15) is 5.11 Å². The van der Waals surface area contributed by atoms with E-state index in [1.54, 1.807) is 0 Å². The minimum absolute atomic E-state index is 0.0818. The van der Waals surface area contributed by atoms with Crippen molar-refractivity contribution in [2.45, 2.75) is 45.9 Å². The molecule has 1 fully saturated rings. The Bertz CT molecular complexity index is 450. The van der Waals surface area contributed by atoms with E-state index in [4.69, 9.17) is 4.74 Å². The van der Waals surface area contributed by atoms with E-state index in [1.165, 1.54) is 16.8 Å². The van der Waals surface area contributed by atoms with Crippen LogP contribution in [0.3, 0.4) is 0 Å². The second-order valence-corrected chi connectivity index (χ2v) is 5.95. The molecule has 2 atom stereocenters. The average Bonchev–Trinajstić information content (AvgIpc) is 2.49. The van der Waals surface area contributed by atoms with Crippen LogP contribution in [0.25, 0.3) is 0 Å². The first-order valence-corrected chi connectivity index (χ1v) is 7.95. The van der Waals surface area contributed by atoms with Crippen LogP contribution in [0.2, 0.25) is 0 Å². The molecule has 4 heteroatoms. The molecule has 0 amide bonds. The molecule has 1 aliphatic heterocycles. The van der Waals surface area contributed by atoms with Crippen LogP contribution in [0.1, 0.15) is 31.4 Å². The zero-order valence-corrected chi connectivity index (χ0v) is 13.4. The summed E-state index contributed by atoms with van der Waals surface area (Å²) in [4.78, 5) is 2.37. The Hall–Kier alpha value is -1.10. The number of ether oxygens (including phenoxy) is 1. The van der Waals surface area contributed by atoms with E-state index in [-0.39, 0.29) is 12.7 Å². The van der Waals surface area contributed by atoms with Crippen LogP contribution in [-0.4, -0.2) is 43.6 Å². The first-order chi connectivity index (χ1) is 10.2. The smallest absolute Gasteiger partial charge is 0.0981 e. The lowest BCUT2D eigenvalue weighted by atomic mass is 10.1. The minimum Gasteiger partial charge on any atom is -0.394 e. The Labute approximate surface area is 128 Å². The summed E-state index contributed by atoms with van der Waals surface area (Å²) in [5.74, 6) is 0. The number of nitrogens with one attached hydrogen (secondary N) is 1. The van der Waals surface area contributed by atoms with Gasteiger partial charge in [0.25, 0.3) is 0 Å². The summed E-state index contributed by atoms with van der Waals surface area (Å²) < 4.78 is 5.65. The van der Waals surface area contributed by atoms with Crippen LogP contribution >= 0.6 is 0 Å². The highest BCUT2D eigenvalue weighted by atomic mass is 16.5. The number of aliphatic hydroxyl groups is 1. The molecular formula is C17H28N2O2. The third-order valence-corrected chi connectivity index (χ3v) is 4.00. The fourth-order valence-electron chi connectivity index (χ4n) is 2.80. The number of hydrogen-bond acceptors (Lipinski definition) is 4. The van der Waals surface area contributed by atoms with E-state index in [0.717, 1.165) is 26.1 Å². The molecule has 2 unspecified atom stereocenters. The lowest BCUT2D eigenvalue weighted by Gasteiger charge is -2.40. The van der Waals surface area contributed by atoms with Gasteiger partial charge in [-0.2, -0.15) is 0 Å². The highest BCUT2D eigenvalue weighted by Gasteiger charge is 2.27. The van der Waals surface area contributed by atoms with Gasteiger partial charge < -0.3 is 20.1 Å². The van der Waals surface area contributed by atoms with Crippen LogP contribution in [0.4, 0.5) is 5.69 Å². The van der Waals surface area contributed by atoms with Gasteiger partial charge >= 0.3 is 0 Å². The molecule has 1 saturated heterocycles. The average molecular weight is 292 g/mol. The van der Waals surface area contributed by atoms with Crippen molar-refractivity contribution in [3.05, 3.63) is 29.3 Å². The number of benzene rings is 1. The van der Waals surface area contributed by atoms with Crippen molar-refractivity contribution in [2.24, 2.45) is 0 Å². The Morgan fingerprint density at radius 2 is 2.24 bits per heavy atom. The SMILES string of the molecule is CCCNCc1cc(C)ccc1N1CC(CO)OCC1C. The number of morpholine rings is 1. The van der Waals surface area contributed by atoms with E-state index in [2.05, 4.69) is 49.2 Å². The molecule has 0 spiro atoms. The molecule has 2 N–H and O–H groups in total. The van der Waals surface area contributed by atoms with Gasteiger partial charge in [0.2, 0.25) is 0 Å². The fraction of sp³-hybridized carbons (Fsp3) is 0.647. The maximum atomic E-state index is 9.36. The summed E-state index contributed by atoms with van der Waals surface area (Å²) in [5, 5.41) is 12.9. The highest BCUT2D eigenvalue weighted by Crippen LogP contribution is 2.27. The van der Waals surface area contributed by atoms with Gasteiger partial charge in [-0.3, -0.25) is 0 Å². The molecule has 1 aromatic carbocycles. The fourth-order valence-corrected chi connectivity index (χ4v) is 2.80. The van der Waals surface area contributed by atoms with Gasteiger partial charge in [-0.15, -0.1) is 0 Å². The van der Waals surface area contributed by atoms with Gasteiger partial charge in [-0.25, -0.2) is 0 Å². The van der Waals surface area contributed by atoms with Crippen LogP contribution in [0.15, 0.2) is 18.2 Å². The number of rotatable bonds is 6. The van der Waals surface area contributed by atoms with Crippen LogP contribution in [0.5, 0.6) is 0 Å². The normalized spacial score (nSPS) is 22.6. The summed E-state index contributed by atoms with van der Waals surface area (Å²) >= 11 is 0. The third kappa shape index (κ3) is 4.19. The topological polar surface area (TPSA) is 44.7 Å². The molecule has 0 aromatic heterocycles. The zero-order chi connectivity index (χ0) is 15.2. The standard InChI is InChI=1S/C17H28N2O2/c1-4-7-18-9-15-8-13(2)5-6-17(15)19-10-16(11-20)21-12-14(19)3/h5-6,8,14,16,18,20H,4,7,9-12H2,1-3H3. The molecule has 0 bridgehead atoms. The number of anilines is 1. The Balaban J connectivity index is 2.19. The largest absolute Gasteiger partial charge is 0.394 e. The predicted molar refractivity (Wildman–Crippen MR) is 86.8 cm³/mol. The molecule has 118 valence electrons. The highest BCUT2D eigenvalue weighted by molar-refractivity contribution is 5.56. The molecule has 1 aliphatic rings. The summed E-state index contributed by atoms with van der Waals surface area (Å²) in [6.45, 7) is 9.91. The number of nitrogens with zero attached hydrogens (tertiary/aromatic N) is 1. The summed E-state index contributed by atoms with van der Waals surface area (Å²) in [6, 6.07) is 6.96. The van der Waals surface area contributed by atoms with Crippen molar-refractivity contribution in [3.8, 4) is 0 Å². The van der Waals surface area contributed by atoms with Crippen LogP contribution in [0, 0.1) is 6.92 Å². The molecule has 0 radical (unpaired) electrons. The van der Waals surface area contributed by atoms with Crippen LogP contribution in [-0.2, 0) is 11.3 Å². The Morgan fingerprint density at radius 1 is 1.43 bits per heavy atom. The van der Waals surface area contributed by atoms with Crippen LogP contribution < -0.4 is 10.2 Å². The molecule has 2 rings (SSSR count). The molecule has 0 saturated carbocycles. The van der Waals surface area contributed by atoms with Gasteiger partial charge in [0.1, 0.15) is 0 Å².